The quantitative estimate of drug-likeness (QED) is 0.815. The van der Waals surface area contributed by atoms with Crippen molar-refractivity contribution in [1.82, 2.24) is 5.32 Å². The molecule has 0 fully saturated rings. The summed E-state index contributed by atoms with van der Waals surface area (Å²) in [5, 5.41) is 2.89. The molecular formula is C16H17BrN2O2. The molecule has 0 bridgehead atoms. The average molecular weight is 349 g/mol. The van der Waals surface area contributed by atoms with E-state index in [0.717, 1.165) is 10.0 Å². The van der Waals surface area contributed by atoms with Crippen molar-refractivity contribution >= 4 is 27.5 Å². The molecule has 0 saturated heterocycles. The Balaban J connectivity index is 1.87. The fraction of sp³-hybridized carbons (Fsp3) is 0.188. The molecule has 0 saturated carbocycles. The van der Waals surface area contributed by atoms with Gasteiger partial charge in [0.15, 0.2) is 6.61 Å². The molecule has 2 aromatic rings. The minimum Gasteiger partial charge on any atom is -0.482 e. The molecular weight excluding hydrogens is 332 g/mol. The molecule has 2 aromatic carbocycles. The van der Waals surface area contributed by atoms with E-state index in [9.17, 15) is 4.79 Å². The lowest BCUT2D eigenvalue weighted by Crippen LogP contribution is -2.31. The summed E-state index contributed by atoms with van der Waals surface area (Å²) in [5.41, 5.74) is 7.30. The van der Waals surface area contributed by atoms with E-state index in [1.165, 1.54) is 0 Å². The number of hydrogen-bond acceptors (Lipinski definition) is 3. The molecule has 21 heavy (non-hydrogen) atoms. The van der Waals surface area contributed by atoms with Crippen LogP contribution in [0.15, 0.2) is 53.0 Å². The maximum absolute atomic E-state index is 11.9. The minimum atomic E-state index is -0.186. The molecule has 5 heteroatoms. The van der Waals surface area contributed by atoms with Crippen molar-refractivity contribution in [2.45, 2.75) is 13.0 Å². The molecule has 0 aliphatic rings. The van der Waals surface area contributed by atoms with Crippen LogP contribution in [0, 0.1) is 0 Å². The highest BCUT2D eigenvalue weighted by Crippen LogP contribution is 2.20. The normalized spacial score (nSPS) is 11.7. The number of anilines is 1. The fourth-order valence-electron chi connectivity index (χ4n) is 1.87. The Morgan fingerprint density at radius 2 is 1.90 bits per heavy atom. The molecule has 2 rings (SSSR count). The SMILES string of the molecule is C[C@@H](NC(=O)COc1ccccc1N)c1ccc(Br)cc1. The zero-order chi connectivity index (χ0) is 15.2. The molecule has 3 N–H and O–H groups in total. The lowest BCUT2D eigenvalue weighted by molar-refractivity contribution is -0.123. The van der Waals surface area contributed by atoms with E-state index in [1.807, 2.05) is 43.3 Å². The van der Waals surface area contributed by atoms with E-state index in [4.69, 9.17) is 10.5 Å². The highest BCUT2D eigenvalue weighted by molar-refractivity contribution is 9.10. The number of rotatable bonds is 5. The van der Waals surface area contributed by atoms with Gasteiger partial charge < -0.3 is 15.8 Å². The number of benzene rings is 2. The summed E-state index contributed by atoms with van der Waals surface area (Å²) >= 11 is 3.38. The Labute approximate surface area is 132 Å². The van der Waals surface area contributed by atoms with Crippen LogP contribution in [-0.2, 0) is 4.79 Å². The van der Waals surface area contributed by atoms with Crippen molar-refractivity contribution in [1.29, 1.82) is 0 Å². The van der Waals surface area contributed by atoms with Crippen molar-refractivity contribution in [2.75, 3.05) is 12.3 Å². The second-order valence-electron chi connectivity index (χ2n) is 4.67. The number of nitrogen functional groups attached to an aromatic ring is 1. The molecule has 0 aliphatic heterocycles. The molecule has 1 atom stereocenters. The van der Waals surface area contributed by atoms with E-state index in [-0.39, 0.29) is 18.6 Å². The van der Waals surface area contributed by atoms with Gasteiger partial charge in [-0.2, -0.15) is 0 Å². The maximum Gasteiger partial charge on any atom is 0.258 e. The first-order valence-electron chi connectivity index (χ1n) is 6.58. The minimum absolute atomic E-state index is 0.0604. The summed E-state index contributed by atoms with van der Waals surface area (Å²) in [5.74, 6) is 0.331. The smallest absolute Gasteiger partial charge is 0.258 e. The van der Waals surface area contributed by atoms with Gasteiger partial charge in [-0.15, -0.1) is 0 Å². The Morgan fingerprint density at radius 1 is 1.24 bits per heavy atom. The standard InChI is InChI=1S/C16H17BrN2O2/c1-11(12-6-8-13(17)9-7-12)19-16(20)10-21-15-5-3-2-4-14(15)18/h2-9,11H,10,18H2,1H3,(H,19,20)/t11-/m1/s1. The third-order valence-corrected chi connectivity index (χ3v) is 3.55. The number of ether oxygens (including phenoxy) is 1. The topological polar surface area (TPSA) is 64.3 Å². The number of halogens is 1. The van der Waals surface area contributed by atoms with E-state index < -0.39 is 0 Å². The van der Waals surface area contributed by atoms with E-state index in [1.54, 1.807) is 12.1 Å². The molecule has 4 nitrogen and oxygen atoms in total. The number of carbonyl (C=O) groups excluding carboxylic acids is 1. The Bertz CT molecular complexity index is 614. The lowest BCUT2D eigenvalue weighted by Gasteiger charge is -2.15. The van der Waals surface area contributed by atoms with Crippen LogP contribution in [0.1, 0.15) is 18.5 Å². The van der Waals surface area contributed by atoms with Gasteiger partial charge in [-0.1, -0.05) is 40.2 Å². The van der Waals surface area contributed by atoms with Crippen LogP contribution >= 0.6 is 15.9 Å². The van der Waals surface area contributed by atoms with Gasteiger partial charge in [0.25, 0.3) is 5.91 Å². The van der Waals surface area contributed by atoms with Crippen LogP contribution in [0.5, 0.6) is 5.75 Å². The number of nitrogens with one attached hydrogen (secondary N) is 1. The molecule has 0 aromatic heterocycles. The monoisotopic (exact) mass is 348 g/mol. The first kappa shape index (κ1) is 15.4. The fourth-order valence-corrected chi connectivity index (χ4v) is 2.14. The van der Waals surface area contributed by atoms with Crippen LogP contribution < -0.4 is 15.8 Å². The number of amides is 1. The van der Waals surface area contributed by atoms with Crippen LogP contribution in [0.3, 0.4) is 0 Å². The molecule has 0 aliphatic carbocycles. The number of hydrogen-bond donors (Lipinski definition) is 2. The number of carbonyl (C=O) groups is 1. The summed E-state index contributed by atoms with van der Waals surface area (Å²) in [7, 11) is 0. The predicted octanol–water partition coefficient (Wildman–Crippen LogP) is 3.29. The van der Waals surface area contributed by atoms with Crippen LogP contribution in [0.2, 0.25) is 0 Å². The van der Waals surface area contributed by atoms with Gasteiger partial charge in [0.2, 0.25) is 0 Å². The predicted molar refractivity (Wildman–Crippen MR) is 87.0 cm³/mol. The first-order valence-corrected chi connectivity index (χ1v) is 7.37. The lowest BCUT2D eigenvalue weighted by atomic mass is 10.1. The zero-order valence-electron chi connectivity index (χ0n) is 11.7. The molecule has 110 valence electrons. The van der Waals surface area contributed by atoms with Gasteiger partial charge in [0, 0.05) is 4.47 Å². The Kier molecular flexibility index (Phi) is 5.22. The zero-order valence-corrected chi connectivity index (χ0v) is 13.3. The van der Waals surface area contributed by atoms with Gasteiger partial charge in [-0.05, 0) is 36.8 Å². The molecule has 0 heterocycles. The highest BCUT2D eigenvalue weighted by atomic mass is 79.9. The Morgan fingerprint density at radius 3 is 2.57 bits per heavy atom. The summed E-state index contributed by atoms with van der Waals surface area (Å²) in [6.07, 6.45) is 0. The second kappa shape index (κ2) is 7.13. The van der Waals surface area contributed by atoms with Crippen molar-refractivity contribution in [2.24, 2.45) is 0 Å². The van der Waals surface area contributed by atoms with Crippen molar-refractivity contribution in [3.8, 4) is 5.75 Å². The second-order valence-corrected chi connectivity index (χ2v) is 5.58. The molecule has 1 amide bonds. The van der Waals surface area contributed by atoms with E-state index in [0.29, 0.717) is 11.4 Å². The van der Waals surface area contributed by atoms with Crippen molar-refractivity contribution in [3.05, 3.63) is 58.6 Å². The van der Waals surface area contributed by atoms with E-state index in [2.05, 4.69) is 21.2 Å². The third-order valence-electron chi connectivity index (χ3n) is 3.03. The van der Waals surface area contributed by atoms with Crippen LogP contribution in [0.25, 0.3) is 0 Å². The van der Waals surface area contributed by atoms with Gasteiger partial charge >= 0.3 is 0 Å². The maximum atomic E-state index is 11.9. The van der Waals surface area contributed by atoms with Crippen molar-refractivity contribution in [3.63, 3.8) is 0 Å². The average Bonchev–Trinajstić information content (AvgIpc) is 2.47. The number of para-hydroxylation sites is 2. The van der Waals surface area contributed by atoms with Gasteiger partial charge in [-0.3, -0.25) is 4.79 Å². The summed E-state index contributed by atoms with van der Waals surface area (Å²) in [4.78, 5) is 11.9. The molecule has 0 spiro atoms. The van der Waals surface area contributed by atoms with Crippen LogP contribution in [0.4, 0.5) is 5.69 Å². The van der Waals surface area contributed by atoms with Crippen molar-refractivity contribution < 1.29 is 9.53 Å². The summed E-state index contributed by atoms with van der Waals surface area (Å²) < 4.78 is 6.42. The molecule has 0 unspecified atom stereocenters. The highest BCUT2D eigenvalue weighted by Gasteiger charge is 2.10. The third kappa shape index (κ3) is 4.49. The van der Waals surface area contributed by atoms with Gasteiger partial charge in [0.1, 0.15) is 5.75 Å². The first-order chi connectivity index (χ1) is 10.1. The molecule has 0 radical (unpaired) electrons. The van der Waals surface area contributed by atoms with Crippen LogP contribution in [-0.4, -0.2) is 12.5 Å². The Hall–Kier alpha value is -2.01. The number of nitrogens with two attached hydrogens (primary N) is 1. The van der Waals surface area contributed by atoms with Gasteiger partial charge in [-0.25, -0.2) is 0 Å². The largest absolute Gasteiger partial charge is 0.482 e. The van der Waals surface area contributed by atoms with E-state index >= 15 is 0 Å². The van der Waals surface area contributed by atoms with Gasteiger partial charge in [0.05, 0.1) is 11.7 Å². The summed E-state index contributed by atoms with van der Waals surface area (Å²) in [6.45, 7) is 1.87. The summed E-state index contributed by atoms with van der Waals surface area (Å²) in [6, 6.07) is 14.8.